The zero-order valence-corrected chi connectivity index (χ0v) is 6.48. The minimum absolute atomic E-state index is 0.403. The molecule has 0 atom stereocenters. The van der Waals surface area contributed by atoms with Crippen molar-refractivity contribution in [1.82, 2.24) is 9.78 Å². The fourth-order valence-corrected chi connectivity index (χ4v) is 0.974. The largest absolute Gasteiger partial charge is 0.291 e. The molecule has 0 saturated carbocycles. The lowest BCUT2D eigenvalue weighted by molar-refractivity contribution is 0.388. The Labute approximate surface area is 63.4 Å². The van der Waals surface area contributed by atoms with Crippen LogP contribution in [0.15, 0.2) is 0 Å². The van der Waals surface area contributed by atoms with E-state index in [0.717, 1.165) is 0 Å². The van der Waals surface area contributed by atoms with Gasteiger partial charge < -0.3 is 0 Å². The molecule has 1 rings (SSSR count). The van der Waals surface area contributed by atoms with Crippen molar-refractivity contribution in [3.8, 4) is 0 Å². The van der Waals surface area contributed by atoms with Crippen molar-refractivity contribution >= 4 is 17.3 Å². The van der Waals surface area contributed by atoms with E-state index in [2.05, 4.69) is 5.10 Å². The van der Waals surface area contributed by atoms with Crippen LogP contribution in [0.5, 0.6) is 0 Å². The Morgan fingerprint density at radius 2 is 2.30 bits per heavy atom. The number of aryl methyl sites for hydroxylation is 2. The van der Waals surface area contributed by atoms with Crippen LogP contribution in [-0.2, 0) is 7.05 Å². The van der Waals surface area contributed by atoms with E-state index in [1.165, 1.54) is 4.68 Å². The molecule has 0 aliphatic heterocycles. The van der Waals surface area contributed by atoms with Gasteiger partial charge in [0.05, 0.1) is 5.69 Å². The second-order valence-electron chi connectivity index (χ2n) is 1.99. The average Bonchev–Trinajstić information content (AvgIpc) is 2.09. The van der Waals surface area contributed by atoms with E-state index < -0.39 is 0 Å². The van der Waals surface area contributed by atoms with E-state index >= 15 is 0 Å². The molecule has 0 aliphatic carbocycles. The molecular formula is C5H8ClN3O. The molecule has 0 fully saturated rings. The molecule has 1 heterocycles. The van der Waals surface area contributed by atoms with Crippen LogP contribution in [0.25, 0.3) is 0 Å². The molecule has 0 aliphatic rings. The van der Waals surface area contributed by atoms with Crippen LogP contribution in [-0.4, -0.2) is 15.0 Å². The average molecular weight is 162 g/mol. The Balaban J connectivity index is 3.20. The summed E-state index contributed by atoms with van der Waals surface area (Å²) in [5.41, 5.74) is 3.11. The first-order valence-corrected chi connectivity index (χ1v) is 3.13. The molecule has 1 aromatic heterocycles. The molecule has 1 aromatic rings. The summed E-state index contributed by atoms with van der Waals surface area (Å²) in [4.78, 5) is 0. The van der Waals surface area contributed by atoms with Gasteiger partial charge in [0.2, 0.25) is 0 Å². The second-order valence-corrected chi connectivity index (χ2v) is 2.34. The summed E-state index contributed by atoms with van der Waals surface area (Å²) < 4.78 is 1.48. The molecule has 0 saturated heterocycles. The Morgan fingerprint density at radius 3 is 2.50 bits per heavy atom. The summed E-state index contributed by atoms with van der Waals surface area (Å²) >= 11 is 5.69. The van der Waals surface area contributed by atoms with Gasteiger partial charge in [-0.05, 0) is 6.92 Å². The van der Waals surface area contributed by atoms with Gasteiger partial charge in [0.1, 0.15) is 5.69 Å². The van der Waals surface area contributed by atoms with Gasteiger partial charge in [0, 0.05) is 7.05 Å². The van der Waals surface area contributed by atoms with Crippen LogP contribution in [0.4, 0.5) is 5.69 Å². The molecule has 5 heteroatoms. The van der Waals surface area contributed by atoms with E-state index in [-0.39, 0.29) is 0 Å². The highest BCUT2D eigenvalue weighted by Crippen LogP contribution is 2.23. The van der Waals surface area contributed by atoms with Gasteiger partial charge in [-0.15, -0.1) is 0 Å². The molecule has 0 amide bonds. The van der Waals surface area contributed by atoms with Crippen LogP contribution in [0, 0.1) is 6.92 Å². The number of nitrogens with one attached hydrogen (secondary N) is 1. The quantitative estimate of drug-likeness (QED) is 0.609. The Morgan fingerprint density at radius 1 is 1.70 bits per heavy atom. The molecule has 0 unspecified atom stereocenters. The lowest BCUT2D eigenvalue weighted by Gasteiger charge is -1.94. The SMILES string of the molecule is Cc1nn(C)c(Cl)c1NO. The third kappa shape index (κ3) is 0.955. The third-order valence-corrected chi connectivity index (χ3v) is 1.70. The standard InChI is InChI=1S/C5H8ClN3O/c1-3-4(8-10)5(6)9(2)7-3/h8,10H,1-2H3. The fraction of sp³-hybridized carbons (Fsp3) is 0.400. The lowest BCUT2D eigenvalue weighted by Crippen LogP contribution is -1.90. The van der Waals surface area contributed by atoms with Gasteiger partial charge in [-0.2, -0.15) is 5.10 Å². The van der Waals surface area contributed by atoms with Crippen molar-refractivity contribution in [2.45, 2.75) is 6.92 Å². The number of rotatable bonds is 1. The van der Waals surface area contributed by atoms with E-state index in [1.807, 2.05) is 5.48 Å². The molecule has 0 bridgehead atoms. The minimum atomic E-state index is 0.403. The Hall–Kier alpha value is -0.740. The van der Waals surface area contributed by atoms with Crippen LogP contribution >= 0.6 is 11.6 Å². The summed E-state index contributed by atoms with van der Waals surface area (Å²) in [6, 6.07) is 0. The number of aromatic nitrogens is 2. The molecule has 56 valence electrons. The lowest BCUT2D eigenvalue weighted by atomic mass is 10.4. The predicted molar refractivity (Wildman–Crippen MR) is 38.4 cm³/mol. The first-order valence-electron chi connectivity index (χ1n) is 2.76. The summed E-state index contributed by atoms with van der Waals surface area (Å²) in [6.45, 7) is 1.75. The fourth-order valence-electron chi connectivity index (χ4n) is 0.757. The minimum Gasteiger partial charge on any atom is -0.291 e. The topological polar surface area (TPSA) is 50.1 Å². The molecule has 2 N–H and O–H groups in total. The maximum absolute atomic E-state index is 8.52. The van der Waals surface area contributed by atoms with Gasteiger partial charge >= 0.3 is 0 Å². The maximum Gasteiger partial charge on any atom is 0.152 e. The molecular weight excluding hydrogens is 154 g/mol. The molecule has 4 nitrogen and oxygen atoms in total. The summed E-state index contributed by atoms with van der Waals surface area (Å²) in [6.07, 6.45) is 0. The van der Waals surface area contributed by atoms with Crippen molar-refractivity contribution in [2.75, 3.05) is 5.48 Å². The number of anilines is 1. The van der Waals surface area contributed by atoms with Gasteiger partial charge in [-0.3, -0.25) is 15.4 Å². The van der Waals surface area contributed by atoms with Crippen molar-refractivity contribution < 1.29 is 5.21 Å². The molecule has 0 radical (unpaired) electrons. The van der Waals surface area contributed by atoms with Gasteiger partial charge in [-0.25, -0.2) is 0 Å². The third-order valence-electron chi connectivity index (χ3n) is 1.26. The van der Waals surface area contributed by atoms with Crippen molar-refractivity contribution in [3.63, 3.8) is 0 Å². The zero-order valence-electron chi connectivity index (χ0n) is 5.72. The highest BCUT2D eigenvalue weighted by molar-refractivity contribution is 6.32. The van der Waals surface area contributed by atoms with E-state index in [4.69, 9.17) is 16.8 Å². The molecule has 10 heavy (non-hydrogen) atoms. The van der Waals surface area contributed by atoms with Gasteiger partial charge in [0.25, 0.3) is 0 Å². The van der Waals surface area contributed by atoms with E-state index in [1.54, 1.807) is 14.0 Å². The van der Waals surface area contributed by atoms with Crippen LogP contribution < -0.4 is 5.48 Å². The van der Waals surface area contributed by atoms with Crippen LogP contribution in [0.2, 0.25) is 5.15 Å². The highest BCUT2D eigenvalue weighted by Gasteiger charge is 2.08. The van der Waals surface area contributed by atoms with Crippen molar-refractivity contribution in [3.05, 3.63) is 10.8 Å². The number of hydrogen-bond acceptors (Lipinski definition) is 3. The zero-order chi connectivity index (χ0) is 7.72. The smallest absolute Gasteiger partial charge is 0.152 e. The summed E-state index contributed by atoms with van der Waals surface area (Å²) in [5.74, 6) is 0. The first kappa shape index (κ1) is 7.37. The van der Waals surface area contributed by atoms with Crippen LogP contribution in [0.3, 0.4) is 0 Å². The number of nitrogens with zero attached hydrogens (tertiary/aromatic N) is 2. The van der Waals surface area contributed by atoms with E-state index in [9.17, 15) is 0 Å². The van der Waals surface area contributed by atoms with E-state index in [0.29, 0.717) is 16.5 Å². The van der Waals surface area contributed by atoms with Gasteiger partial charge in [0.15, 0.2) is 5.15 Å². The normalized spacial score (nSPS) is 10.0. The number of halogens is 1. The van der Waals surface area contributed by atoms with Crippen LogP contribution in [0.1, 0.15) is 5.69 Å². The highest BCUT2D eigenvalue weighted by atomic mass is 35.5. The molecule has 0 aromatic carbocycles. The monoisotopic (exact) mass is 161 g/mol. The maximum atomic E-state index is 8.52. The van der Waals surface area contributed by atoms with Gasteiger partial charge in [-0.1, -0.05) is 11.6 Å². The first-order chi connectivity index (χ1) is 4.66. The van der Waals surface area contributed by atoms with Crippen molar-refractivity contribution in [1.29, 1.82) is 0 Å². The van der Waals surface area contributed by atoms with Crippen molar-refractivity contribution in [2.24, 2.45) is 7.05 Å². The summed E-state index contributed by atoms with van der Waals surface area (Å²) in [7, 11) is 1.70. The second kappa shape index (κ2) is 2.48. The number of hydrogen-bond donors (Lipinski definition) is 2. The molecule has 0 spiro atoms. The predicted octanol–water partition coefficient (Wildman–Crippen LogP) is 1.18. The Bertz CT molecular complexity index is 245. The summed E-state index contributed by atoms with van der Waals surface area (Å²) in [5, 5.41) is 12.9. The Kier molecular flexibility index (Phi) is 1.82.